The van der Waals surface area contributed by atoms with Gasteiger partial charge in [0.2, 0.25) is 6.17 Å². The molecule has 0 atom stereocenters. The van der Waals surface area contributed by atoms with Crippen LogP contribution >= 0.6 is 0 Å². The second kappa shape index (κ2) is 2.41. The highest BCUT2D eigenvalue weighted by atomic mass is 16.4. The Morgan fingerprint density at radius 1 is 1.25 bits per heavy atom. The van der Waals surface area contributed by atoms with E-state index in [1.165, 1.54) is 0 Å². The molecule has 1 N–H and O–H groups in total. The topological polar surface area (TPSA) is 62.0 Å². The van der Waals surface area contributed by atoms with Crippen molar-refractivity contribution in [2.75, 3.05) is 0 Å². The van der Waals surface area contributed by atoms with Crippen LogP contribution in [0.4, 0.5) is 0 Å². The molecule has 1 aliphatic heterocycles. The maximum Gasteiger partial charge on any atom is 0.351 e. The quantitative estimate of drug-likeness (QED) is 0.596. The number of para-hydroxylation sites is 2. The van der Waals surface area contributed by atoms with Crippen LogP contribution < -0.4 is 10.7 Å². The lowest BCUT2D eigenvalue weighted by Gasteiger charge is -1.91. The Labute approximate surface area is 67.9 Å². The standard InChI is InChI=1S/C8H6N2O2/c11-8(12)7-9-5-3-1-2-4-6(5)10-7/h1-4,7H,(H,11,12). The van der Waals surface area contributed by atoms with E-state index in [9.17, 15) is 4.79 Å². The molecule has 0 radical (unpaired) electrons. The van der Waals surface area contributed by atoms with Crippen LogP contribution in [-0.4, -0.2) is 17.2 Å². The number of fused-ring (bicyclic) bond motifs is 1. The molecule has 0 fully saturated rings. The minimum atomic E-state index is -1.01. The third-order valence-corrected chi connectivity index (χ3v) is 1.63. The zero-order valence-corrected chi connectivity index (χ0v) is 6.14. The van der Waals surface area contributed by atoms with Gasteiger partial charge in [-0.3, -0.25) is 0 Å². The second-order valence-electron chi connectivity index (χ2n) is 2.46. The molecule has 1 heterocycles. The van der Waals surface area contributed by atoms with Crippen LogP contribution in [0, 0.1) is 0 Å². The molecule has 1 aromatic rings. The summed E-state index contributed by atoms with van der Waals surface area (Å²) in [6.45, 7) is 0. The molecule has 2 rings (SSSR count). The predicted molar refractivity (Wildman–Crippen MR) is 40.2 cm³/mol. The summed E-state index contributed by atoms with van der Waals surface area (Å²) >= 11 is 0. The summed E-state index contributed by atoms with van der Waals surface area (Å²) in [5, 5.41) is 9.91. The van der Waals surface area contributed by atoms with Gasteiger partial charge in [-0.25, -0.2) is 14.8 Å². The molecular formula is C8H6N2O2. The first-order valence-corrected chi connectivity index (χ1v) is 3.51. The van der Waals surface area contributed by atoms with Crippen molar-refractivity contribution in [3.63, 3.8) is 0 Å². The van der Waals surface area contributed by atoms with Gasteiger partial charge in [-0.05, 0) is 12.1 Å². The van der Waals surface area contributed by atoms with E-state index in [4.69, 9.17) is 5.11 Å². The molecule has 0 saturated carbocycles. The number of carboxylic acids is 1. The average Bonchev–Trinajstić information content (AvgIpc) is 2.46. The Morgan fingerprint density at radius 3 is 2.17 bits per heavy atom. The van der Waals surface area contributed by atoms with E-state index in [2.05, 4.69) is 9.98 Å². The number of hydrogen-bond donors (Lipinski definition) is 1. The van der Waals surface area contributed by atoms with Gasteiger partial charge in [0.15, 0.2) is 0 Å². The molecule has 4 nitrogen and oxygen atoms in total. The highest BCUT2D eigenvalue weighted by Crippen LogP contribution is 1.93. The van der Waals surface area contributed by atoms with Crippen LogP contribution in [0.2, 0.25) is 0 Å². The van der Waals surface area contributed by atoms with Crippen molar-refractivity contribution in [2.24, 2.45) is 9.98 Å². The van der Waals surface area contributed by atoms with Gasteiger partial charge in [0, 0.05) is 0 Å². The maximum atomic E-state index is 10.5. The van der Waals surface area contributed by atoms with Gasteiger partial charge in [-0.1, -0.05) is 12.1 Å². The first-order valence-electron chi connectivity index (χ1n) is 3.51. The molecule has 0 bridgehead atoms. The highest BCUT2D eigenvalue weighted by Gasteiger charge is 2.16. The lowest BCUT2D eigenvalue weighted by atomic mass is 10.3. The van der Waals surface area contributed by atoms with Crippen molar-refractivity contribution in [1.82, 2.24) is 0 Å². The summed E-state index contributed by atoms with van der Waals surface area (Å²) in [5.41, 5.74) is 0. The van der Waals surface area contributed by atoms with E-state index in [0.29, 0.717) is 10.7 Å². The number of nitrogens with zero attached hydrogens (tertiary/aromatic N) is 2. The number of carbonyl (C=O) groups is 1. The fraction of sp³-hybridized carbons (Fsp3) is 0.125. The van der Waals surface area contributed by atoms with Crippen molar-refractivity contribution < 1.29 is 9.90 Å². The van der Waals surface area contributed by atoms with Gasteiger partial charge in [0.05, 0.1) is 10.7 Å². The monoisotopic (exact) mass is 162 g/mol. The van der Waals surface area contributed by atoms with Gasteiger partial charge in [0.25, 0.3) is 0 Å². The zero-order chi connectivity index (χ0) is 8.55. The first kappa shape index (κ1) is 6.97. The van der Waals surface area contributed by atoms with Crippen LogP contribution in [-0.2, 0) is 4.79 Å². The van der Waals surface area contributed by atoms with Crippen LogP contribution in [0.3, 0.4) is 0 Å². The van der Waals surface area contributed by atoms with Gasteiger partial charge in [0.1, 0.15) is 0 Å². The Hall–Kier alpha value is -1.71. The summed E-state index contributed by atoms with van der Waals surface area (Å²) in [4.78, 5) is 18.3. The fourth-order valence-corrected chi connectivity index (χ4v) is 1.09. The van der Waals surface area contributed by atoms with Gasteiger partial charge in [-0.15, -0.1) is 0 Å². The van der Waals surface area contributed by atoms with Crippen molar-refractivity contribution >= 4 is 5.97 Å². The molecule has 0 aromatic heterocycles. The predicted octanol–water partition coefficient (Wildman–Crippen LogP) is -0.650. The van der Waals surface area contributed by atoms with E-state index < -0.39 is 12.1 Å². The average molecular weight is 162 g/mol. The molecule has 1 aromatic carbocycles. The number of rotatable bonds is 1. The third-order valence-electron chi connectivity index (χ3n) is 1.63. The molecule has 0 spiro atoms. The van der Waals surface area contributed by atoms with Crippen LogP contribution in [0.1, 0.15) is 0 Å². The molecule has 4 heteroatoms. The van der Waals surface area contributed by atoms with Gasteiger partial charge >= 0.3 is 5.97 Å². The van der Waals surface area contributed by atoms with Gasteiger partial charge < -0.3 is 5.11 Å². The maximum absolute atomic E-state index is 10.5. The minimum absolute atomic E-state index is 0.657. The molecule has 12 heavy (non-hydrogen) atoms. The van der Waals surface area contributed by atoms with E-state index in [1.54, 1.807) is 12.1 Å². The highest BCUT2D eigenvalue weighted by molar-refractivity contribution is 5.73. The van der Waals surface area contributed by atoms with Crippen molar-refractivity contribution in [1.29, 1.82) is 0 Å². The smallest absolute Gasteiger partial charge is 0.351 e. The Balaban J connectivity index is 2.60. The van der Waals surface area contributed by atoms with Crippen LogP contribution in [0.25, 0.3) is 0 Å². The summed E-state index contributed by atoms with van der Waals surface area (Å²) in [6.07, 6.45) is -0.942. The van der Waals surface area contributed by atoms with Crippen LogP contribution in [0.15, 0.2) is 34.3 Å². The third kappa shape index (κ3) is 0.972. The molecule has 60 valence electrons. The second-order valence-corrected chi connectivity index (χ2v) is 2.46. The molecule has 0 aliphatic carbocycles. The number of carboxylic acid groups (broad SMARTS) is 1. The Kier molecular flexibility index (Phi) is 1.40. The number of hydrogen-bond acceptors (Lipinski definition) is 3. The molecular weight excluding hydrogens is 156 g/mol. The lowest BCUT2D eigenvalue weighted by molar-refractivity contribution is -0.138. The number of aliphatic carboxylic acids is 1. The van der Waals surface area contributed by atoms with E-state index >= 15 is 0 Å². The lowest BCUT2D eigenvalue weighted by Crippen LogP contribution is -2.19. The first-order chi connectivity index (χ1) is 5.77. The number of benzene rings is 1. The van der Waals surface area contributed by atoms with E-state index in [0.717, 1.165) is 0 Å². The van der Waals surface area contributed by atoms with E-state index in [-0.39, 0.29) is 0 Å². The summed E-state index contributed by atoms with van der Waals surface area (Å²) in [7, 11) is 0. The molecule has 0 saturated heterocycles. The van der Waals surface area contributed by atoms with Crippen LogP contribution in [0.5, 0.6) is 0 Å². The van der Waals surface area contributed by atoms with Crippen molar-refractivity contribution in [2.45, 2.75) is 6.17 Å². The largest absolute Gasteiger partial charge is 0.478 e. The van der Waals surface area contributed by atoms with Crippen molar-refractivity contribution in [3.05, 3.63) is 35.0 Å². The Bertz CT molecular complexity index is 404. The molecule has 1 aliphatic rings. The molecule has 0 unspecified atom stereocenters. The normalized spacial score (nSPS) is 14.7. The SMILES string of the molecule is O=C(O)C1N=c2ccccc2=N1. The van der Waals surface area contributed by atoms with Crippen molar-refractivity contribution in [3.8, 4) is 0 Å². The summed E-state index contributed by atoms with van der Waals surface area (Å²) in [6, 6.07) is 7.12. The fourth-order valence-electron chi connectivity index (χ4n) is 1.09. The Morgan fingerprint density at radius 2 is 1.75 bits per heavy atom. The summed E-state index contributed by atoms with van der Waals surface area (Å²) in [5.74, 6) is -1.01. The summed E-state index contributed by atoms with van der Waals surface area (Å²) < 4.78 is 0. The zero-order valence-electron chi connectivity index (χ0n) is 6.14. The van der Waals surface area contributed by atoms with E-state index in [1.807, 2.05) is 12.1 Å². The van der Waals surface area contributed by atoms with Gasteiger partial charge in [-0.2, -0.15) is 0 Å². The molecule has 0 amide bonds. The minimum Gasteiger partial charge on any atom is -0.478 e.